The molecule has 0 spiro atoms. The molecule has 0 saturated carbocycles. The average molecular weight is 205 g/mol. The molecule has 2 heterocycles. The van der Waals surface area contributed by atoms with E-state index in [1.54, 1.807) is 6.20 Å². The van der Waals surface area contributed by atoms with Gasteiger partial charge in [-0.1, -0.05) is 6.92 Å². The Labute approximate surface area is 91.5 Å². The molecular formula is C12H19N3. The molecule has 3 heteroatoms. The van der Waals surface area contributed by atoms with Gasteiger partial charge in [-0.3, -0.25) is 0 Å². The second-order valence-corrected chi connectivity index (χ2v) is 4.30. The maximum absolute atomic E-state index is 4.15. The minimum atomic E-state index is 0.810. The first kappa shape index (κ1) is 10.6. The van der Waals surface area contributed by atoms with Crippen LogP contribution in [0.5, 0.6) is 0 Å². The van der Waals surface area contributed by atoms with Crippen LogP contribution in [0.1, 0.15) is 25.5 Å². The number of likely N-dealkylation sites (tertiary alicyclic amines) is 1. The Hall–Kier alpha value is -0.960. The van der Waals surface area contributed by atoms with E-state index in [0.29, 0.717) is 0 Å². The molecule has 1 saturated heterocycles. The van der Waals surface area contributed by atoms with E-state index in [9.17, 15) is 0 Å². The summed E-state index contributed by atoms with van der Waals surface area (Å²) < 4.78 is 0. The van der Waals surface area contributed by atoms with Crippen molar-refractivity contribution in [2.24, 2.45) is 5.92 Å². The highest BCUT2D eigenvalue weighted by Crippen LogP contribution is 2.20. The first-order valence-corrected chi connectivity index (χ1v) is 5.87. The SMILES string of the molecule is CCN1CCC(Cc2cccnn2)CC1. The molecule has 15 heavy (non-hydrogen) atoms. The highest BCUT2D eigenvalue weighted by atomic mass is 15.1. The van der Waals surface area contributed by atoms with Crippen molar-refractivity contribution in [1.82, 2.24) is 15.1 Å². The summed E-state index contributed by atoms with van der Waals surface area (Å²) >= 11 is 0. The van der Waals surface area contributed by atoms with Crippen LogP contribution in [0.15, 0.2) is 18.3 Å². The number of rotatable bonds is 3. The van der Waals surface area contributed by atoms with Crippen molar-refractivity contribution in [1.29, 1.82) is 0 Å². The van der Waals surface area contributed by atoms with Crippen LogP contribution in [0.3, 0.4) is 0 Å². The van der Waals surface area contributed by atoms with Crippen LogP contribution in [0.25, 0.3) is 0 Å². The molecule has 0 N–H and O–H groups in total. The third-order valence-electron chi connectivity index (χ3n) is 3.28. The van der Waals surface area contributed by atoms with Gasteiger partial charge >= 0.3 is 0 Å². The van der Waals surface area contributed by atoms with Gasteiger partial charge in [0, 0.05) is 6.20 Å². The molecule has 0 aliphatic carbocycles. The van der Waals surface area contributed by atoms with E-state index in [1.807, 2.05) is 6.07 Å². The van der Waals surface area contributed by atoms with Gasteiger partial charge in [0.2, 0.25) is 0 Å². The smallest absolute Gasteiger partial charge is 0.0633 e. The first-order chi connectivity index (χ1) is 7.38. The van der Waals surface area contributed by atoms with Crippen molar-refractivity contribution < 1.29 is 0 Å². The molecule has 3 nitrogen and oxygen atoms in total. The fourth-order valence-electron chi connectivity index (χ4n) is 2.24. The van der Waals surface area contributed by atoms with Gasteiger partial charge in [-0.2, -0.15) is 10.2 Å². The molecule has 0 aromatic carbocycles. The summed E-state index contributed by atoms with van der Waals surface area (Å²) in [6.07, 6.45) is 5.46. The topological polar surface area (TPSA) is 29.0 Å². The summed E-state index contributed by atoms with van der Waals surface area (Å²) in [5, 5.41) is 8.07. The summed E-state index contributed by atoms with van der Waals surface area (Å²) in [7, 11) is 0. The van der Waals surface area contributed by atoms with Gasteiger partial charge in [0.05, 0.1) is 5.69 Å². The molecule has 0 radical (unpaired) electrons. The van der Waals surface area contributed by atoms with Crippen LogP contribution < -0.4 is 0 Å². The summed E-state index contributed by atoms with van der Waals surface area (Å²) in [5.74, 6) is 0.810. The van der Waals surface area contributed by atoms with E-state index >= 15 is 0 Å². The maximum atomic E-state index is 4.15. The summed E-state index contributed by atoms with van der Waals surface area (Å²) in [4.78, 5) is 2.52. The second-order valence-electron chi connectivity index (χ2n) is 4.30. The zero-order valence-electron chi connectivity index (χ0n) is 9.39. The molecule has 1 aliphatic rings. The number of hydrogen-bond acceptors (Lipinski definition) is 3. The molecule has 0 unspecified atom stereocenters. The third-order valence-corrected chi connectivity index (χ3v) is 3.28. The number of piperidine rings is 1. The fourth-order valence-corrected chi connectivity index (χ4v) is 2.24. The summed E-state index contributed by atoms with van der Waals surface area (Å²) in [5.41, 5.74) is 1.15. The molecular weight excluding hydrogens is 186 g/mol. The van der Waals surface area contributed by atoms with Gasteiger partial charge in [-0.25, -0.2) is 0 Å². The zero-order chi connectivity index (χ0) is 10.5. The molecule has 0 bridgehead atoms. The summed E-state index contributed by atoms with van der Waals surface area (Å²) in [6.45, 7) is 5.93. The van der Waals surface area contributed by atoms with E-state index in [4.69, 9.17) is 0 Å². The van der Waals surface area contributed by atoms with Gasteiger partial charge in [0.15, 0.2) is 0 Å². The second kappa shape index (κ2) is 5.21. The molecule has 1 aromatic heterocycles. The van der Waals surface area contributed by atoms with Crippen molar-refractivity contribution in [3.8, 4) is 0 Å². The van der Waals surface area contributed by atoms with Gasteiger partial charge in [0.1, 0.15) is 0 Å². The predicted molar refractivity (Wildman–Crippen MR) is 60.6 cm³/mol. The van der Waals surface area contributed by atoms with Crippen molar-refractivity contribution >= 4 is 0 Å². The van der Waals surface area contributed by atoms with Crippen LogP contribution in [0.4, 0.5) is 0 Å². The highest BCUT2D eigenvalue weighted by Gasteiger charge is 2.18. The maximum Gasteiger partial charge on any atom is 0.0633 e. The largest absolute Gasteiger partial charge is 0.304 e. The van der Waals surface area contributed by atoms with E-state index in [1.165, 1.54) is 32.5 Å². The van der Waals surface area contributed by atoms with Gasteiger partial charge in [-0.15, -0.1) is 0 Å². The number of hydrogen-bond donors (Lipinski definition) is 0. The van der Waals surface area contributed by atoms with Gasteiger partial charge < -0.3 is 4.90 Å². The van der Waals surface area contributed by atoms with Crippen molar-refractivity contribution in [2.45, 2.75) is 26.2 Å². The van der Waals surface area contributed by atoms with Crippen LogP contribution in [-0.4, -0.2) is 34.7 Å². The number of aromatic nitrogens is 2. The normalized spacial score (nSPS) is 19.3. The average Bonchev–Trinajstić information content (AvgIpc) is 2.31. The quantitative estimate of drug-likeness (QED) is 0.753. The molecule has 1 aromatic rings. The van der Waals surface area contributed by atoms with E-state index < -0.39 is 0 Å². The predicted octanol–water partition coefficient (Wildman–Crippen LogP) is 1.75. The summed E-state index contributed by atoms with van der Waals surface area (Å²) in [6, 6.07) is 4.06. The molecule has 1 aliphatic heterocycles. The van der Waals surface area contributed by atoms with Crippen LogP contribution in [0.2, 0.25) is 0 Å². The van der Waals surface area contributed by atoms with Crippen molar-refractivity contribution in [3.63, 3.8) is 0 Å². The van der Waals surface area contributed by atoms with Gasteiger partial charge in [0.25, 0.3) is 0 Å². The van der Waals surface area contributed by atoms with Crippen LogP contribution in [0, 0.1) is 5.92 Å². The Kier molecular flexibility index (Phi) is 3.67. The van der Waals surface area contributed by atoms with Crippen LogP contribution >= 0.6 is 0 Å². The molecule has 1 fully saturated rings. The fraction of sp³-hybridized carbons (Fsp3) is 0.667. The van der Waals surface area contributed by atoms with Crippen LogP contribution in [-0.2, 0) is 6.42 Å². The minimum absolute atomic E-state index is 0.810. The van der Waals surface area contributed by atoms with E-state index in [-0.39, 0.29) is 0 Å². The molecule has 0 atom stereocenters. The molecule has 82 valence electrons. The van der Waals surface area contributed by atoms with Crippen molar-refractivity contribution in [3.05, 3.63) is 24.0 Å². The Morgan fingerprint density at radius 1 is 1.40 bits per heavy atom. The van der Waals surface area contributed by atoms with Crippen molar-refractivity contribution in [2.75, 3.05) is 19.6 Å². The van der Waals surface area contributed by atoms with E-state index in [0.717, 1.165) is 18.0 Å². The standard InChI is InChI=1S/C12H19N3/c1-2-15-8-5-11(6-9-15)10-12-4-3-7-13-14-12/h3-4,7,11H,2,5-6,8-10H2,1H3. The Morgan fingerprint density at radius 3 is 2.80 bits per heavy atom. The highest BCUT2D eigenvalue weighted by molar-refractivity contribution is 5.00. The molecule has 0 amide bonds. The minimum Gasteiger partial charge on any atom is -0.304 e. The lowest BCUT2D eigenvalue weighted by atomic mass is 9.92. The molecule has 2 rings (SSSR count). The van der Waals surface area contributed by atoms with E-state index in [2.05, 4.69) is 28.1 Å². The van der Waals surface area contributed by atoms with Gasteiger partial charge in [-0.05, 0) is 56.9 Å². The Bertz CT molecular complexity index is 278. The first-order valence-electron chi connectivity index (χ1n) is 5.87. The monoisotopic (exact) mass is 205 g/mol. The third kappa shape index (κ3) is 2.99. The Morgan fingerprint density at radius 2 is 2.20 bits per heavy atom. The zero-order valence-corrected chi connectivity index (χ0v) is 9.39. The lowest BCUT2D eigenvalue weighted by molar-refractivity contribution is 0.191. The number of nitrogens with zero attached hydrogens (tertiary/aromatic N) is 3. The Balaban J connectivity index is 1.82. The lowest BCUT2D eigenvalue weighted by Crippen LogP contribution is -2.34. The lowest BCUT2D eigenvalue weighted by Gasteiger charge is -2.30.